The Morgan fingerprint density at radius 1 is 1.47 bits per heavy atom. The molecular formula is C12H16N2O3. The fraction of sp³-hybridized carbons (Fsp3) is 0.417. The van der Waals surface area contributed by atoms with Gasteiger partial charge in [-0.2, -0.15) is 0 Å². The zero-order valence-corrected chi connectivity index (χ0v) is 9.95. The van der Waals surface area contributed by atoms with Crippen molar-refractivity contribution in [2.45, 2.75) is 19.4 Å². The Bertz CT molecular complexity index is 446. The number of carbonyl (C=O) groups is 1. The standard InChI is InChI=1S/C12H16N2O3/c1-7-3-10-11(17-6-16-10)5-8(7)4-9(13)12(15)14-2/h3,5,9H,4,6,13H2,1-2H3,(H,14,15). The van der Waals surface area contributed by atoms with E-state index in [1.165, 1.54) is 0 Å². The van der Waals surface area contributed by atoms with Gasteiger partial charge in [0.1, 0.15) is 0 Å². The molecule has 0 fully saturated rings. The SMILES string of the molecule is CNC(=O)C(N)Cc1cc2c(cc1C)OCO2. The maximum Gasteiger partial charge on any atom is 0.237 e. The van der Waals surface area contributed by atoms with Gasteiger partial charge in [0, 0.05) is 7.05 Å². The molecule has 5 heteroatoms. The molecule has 0 spiro atoms. The van der Waals surface area contributed by atoms with E-state index in [1.807, 2.05) is 19.1 Å². The number of fused-ring (bicyclic) bond motifs is 1. The van der Waals surface area contributed by atoms with Crippen molar-refractivity contribution in [3.63, 3.8) is 0 Å². The second kappa shape index (κ2) is 4.63. The number of rotatable bonds is 3. The number of likely N-dealkylation sites (N-methyl/N-ethyl adjacent to an activating group) is 1. The molecule has 1 atom stereocenters. The molecule has 92 valence electrons. The van der Waals surface area contributed by atoms with E-state index < -0.39 is 6.04 Å². The molecule has 1 aromatic carbocycles. The van der Waals surface area contributed by atoms with Gasteiger partial charge < -0.3 is 20.5 Å². The van der Waals surface area contributed by atoms with Gasteiger partial charge in [0.25, 0.3) is 0 Å². The quantitative estimate of drug-likeness (QED) is 0.793. The van der Waals surface area contributed by atoms with E-state index in [-0.39, 0.29) is 12.7 Å². The van der Waals surface area contributed by atoms with Gasteiger partial charge in [-0.05, 0) is 36.6 Å². The molecule has 1 aromatic rings. The molecule has 1 unspecified atom stereocenters. The highest BCUT2D eigenvalue weighted by Crippen LogP contribution is 2.34. The highest BCUT2D eigenvalue weighted by molar-refractivity contribution is 5.81. The molecule has 1 aliphatic rings. The zero-order chi connectivity index (χ0) is 12.4. The third-order valence-corrected chi connectivity index (χ3v) is 2.85. The summed E-state index contributed by atoms with van der Waals surface area (Å²) < 4.78 is 10.6. The minimum Gasteiger partial charge on any atom is -0.454 e. The van der Waals surface area contributed by atoms with Crippen LogP contribution in [0.15, 0.2) is 12.1 Å². The first kappa shape index (κ1) is 11.7. The Labute approximate surface area is 99.9 Å². The predicted molar refractivity (Wildman–Crippen MR) is 63.0 cm³/mol. The molecule has 5 nitrogen and oxygen atoms in total. The van der Waals surface area contributed by atoms with Crippen molar-refractivity contribution in [1.29, 1.82) is 0 Å². The van der Waals surface area contributed by atoms with Crippen LogP contribution in [0, 0.1) is 6.92 Å². The van der Waals surface area contributed by atoms with Crippen molar-refractivity contribution in [2.75, 3.05) is 13.8 Å². The lowest BCUT2D eigenvalue weighted by Crippen LogP contribution is -2.40. The summed E-state index contributed by atoms with van der Waals surface area (Å²) in [5.74, 6) is 1.30. The van der Waals surface area contributed by atoms with Crippen LogP contribution in [0.5, 0.6) is 11.5 Å². The summed E-state index contributed by atoms with van der Waals surface area (Å²) in [6.45, 7) is 2.22. The van der Waals surface area contributed by atoms with Gasteiger partial charge in [-0.1, -0.05) is 0 Å². The molecule has 3 N–H and O–H groups in total. The number of carbonyl (C=O) groups excluding carboxylic acids is 1. The van der Waals surface area contributed by atoms with Crippen LogP contribution < -0.4 is 20.5 Å². The maximum atomic E-state index is 11.4. The lowest BCUT2D eigenvalue weighted by molar-refractivity contribution is -0.121. The molecule has 1 heterocycles. The van der Waals surface area contributed by atoms with E-state index in [4.69, 9.17) is 15.2 Å². The molecule has 1 amide bonds. The normalized spacial score (nSPS) is 14.5. The van der Waals surface area contributed by atoms with Crippen LogP contribution in [0.4, 0.5) is 0 Å². The largest absolute Gasteiger partial charge is 0.454 e. The molecule has 17 heavy (non-hydrogen) atoms. The van der Waals surface area contributed by atoms with Crippen molar-refractivity contribution in [3.8, 4) is 11.5 Å². The number of hydrogen-bond donors (Lipinski definition) is 2. The second-order valence-electron chi connectivity index (χ2n) is 4.06. The minimum absolute atomic E-state index is 0.165. The average Bonchev–Trinajstić information content (AvgIpc) is 2.75. The van der Waals surface area contributed by atoms with E-state index in [0.29, 0.717) is 6.42 Å². The summed E-state index contributed by atoms with van der Waals surface area (Å²) in [6.07, 6.45) is 0.488. The van der Waals surface area contributed by atoms with Gasteiger partial charge in [-0.25, -0.2) is 0 Å². The summed E-state index contributed by atoms with van der Waals surface area (Å²) in [5.41, 5.74) is 7.84. The van der Waals surface area contributed by atoms with E-state index >= 15 is 0 Å². The number of benzene rings is 1. The van der Waals surface area contributed by atoms with E-state index in [9.17, 15) is 4.79 Å². The van der Waals surface area contributed by atoms with Crippen LogP contribution in [0.25, 0.3) is 0 Å². The Kier molecular flexibility index (Phi) is 3.19. The third kappa shape index (κ3) is 2.34. The van der Waals surface area contributed by atoms with Crippen LogP contribution in [0.3, 0.4) is 0 Å². The van der Waals surface area contributed by atoms with Crippen LogP contribution in [0.1, 0.15) is 11.1 Å². The fourth-order valence-electron chi connectivity index (χ4n) is 1.82. The van der Waals surface area contributed by atoms with Crippen LogP contribution in [0.2, 0.25) is 0 Å². The van der Waals surface area contributed by atoms with Gasteiger partial charge in [0.15, 0.2) is 11.5 Å². The molecule has 0 saturated heterocycles. The Hall–Kier alpha value is -1.75. The number of amides is 1. The predicted octanol–water partition coefficient (Wildman–Crippen LogP) is 0.340. The summed E-state index contributed by atoms with van der Waals surface area (Å²) >= 11 is 0. The third-order valence-electron chi connectivity index (χ3n) is 2.85. The number of ether oxygens (including phenoxy) is 2. The Balaban J connectivity index is 2.19. The van der Waals surface area contributed by atoms with Crippen molar-refractivity contribution >= 4 is 5.91 Å². The van der Waals surface area contributed by atoms with Gasteiger partial charge in [-0.15, -0.1) is 0 Å². The molecule has 0 radical (unpaired) electrons. The molecular weight excluding hydrogens is 220 g/mol. The molecule has 0 aromatic heterocycles. The minimum atomic E-state index is -0.543. The number of aryl methyl sites for hydroxylation is 1. The molecule has 1 aliphatic heterocycles. The van der Waals surface area contributed by atoms with Crippen molar-refractivity contribution < 1.29 is 14.3 Å². The number of nitrogens with two attached hydrogens (primary N) is 1. The van der Waals surface area contributed by atoms with Gasteiger partial charge in [0.05, 0.1) is 6.04 Å². The first-order valence-electron chi connectivity index (χ1n) is 5.48. The smallest absolute Gasteiger partial charge is 0.237 e. The highest BCUT2D eigenvalue weighted by atomic mass is 16.7. The van der Waals surface area contributed by atoms with Crippen molar-refractivity contribution in [3.05, 3.63) is 23.3 Å². The highest BCUT2D eigenvalue weighted by Gasteiger charge is 2.18. The van der Waals surface area contributed by atoms with Gasteiger partial charge in [-0.3, -0.25) is 4.79 Å². The van der Waals surface area contributed by atoms with Crippen LogP contribution in [-0.4, -0.2) is 25.8 Å². The Morgan fingerprint density at radius 3 is 2.76 bits per heavy atom. The lowest BCUT2D eigenvalue weighted by Gasteiger charge is -2.12. The number of nitrogens with one attached hydrogen (secondary N) is 1. The summed E-state index contributed by atoms with van der Waals surface area (Å²) in [4.78, 5) is 11.4. The first-order chi connectivity index (χ1) is 8.11. The maximum absolute atomic E-state index is 11.4. The summed E-state index contributed by atoms with van der Waals surface area (Å²) in [5, 5.41) is 2.54. The van der Waals surface area contributed by atoms with E-state index in [0.717, 1.165) is 22.6 Å². The van der Waals surface area contributed by atoms with E-state index in [1.54, 1.807) is 7.05 Å². The van der Waals surface area contributed by atoms with Crippen molar-refractivity contribution in [2.24, 2.45) is 5.73 Å². The van der Waals surface area contributed by atoms with Crippen LogP contribution >= 0.6 is 0 Å². The van der Waals surface area contributed by atoms with E-state index in [2.05, 4.69) is 5.32 Å². The molecule has 0 bridgehead atoms. The average molecular weight is 236 g/mol. The topological polar surface area (TPSA) is 73.6 Å². The lowest BCUT2D eigenvalue weighted by atomic mass is 10.0. The van der Waals surface area contributed by atoms with Gasteiger partial charge >= 0.3 is 0 Å². The zero-order valence-electron chi connectivity index (χ0n) is 9.95. The summed E-state index contributed by atoms with van der Waals surface area (Å²) in [6, 6.07) is 3.26. The fourth-order valence-corrected chi connectivity index (χ4v) is 1.82. The monoisotopic (exact) mass is 236 g/mol. The Morgan fingerprint density at radius 2 is 2.12 bits per heavy atom. The van der Waals surface area contributed by atoms with Crippen molar-refractivity contribution in [1.82, 2.24) is 5.32 Å². The molecule has 0 aliphatic carbocycles. The second-order valence-corrected chi connectivity index (χ2v) is 4.06. The summed E-state index contributed by atoms with van der Waals surface area (Å²) in [7, 11) is 1.58. The number of hydrogen-bond acceptors (Lipinski definition) is 4. The van der Waals surface area contributed by atoms with Crippen LogP contribution in [-0.2, 0) is 11.2 Å². The molecule has 2 rings (SSSR count). The van der Waals surface area contributed by atoms with Gasteiger partial charge in [0.2, 0.25) is 12.7 Å². The molecule has 0 saturated carbocycles. The first-order valence-corrected chi connectivity index (χ1v) is 5.48.